The molecule has 1 aromatic rings. The van der Waals surface area contributed by atoms with Gasteiger partial charge in [-0.3, -0.25) is 0 Å². The third-order valence-electron chi connectivity index (χ3n) is 19.1. The molecule has 0 spiro atoms. The second-order valence-electron chi connectivity index (χ2n) is 30.0. The Kier molecular flexibility index (Phi) is 92.9. The molecule has 0 aliphatic rings. The van der Waals surface area contributed by atoms with Gasteiger partial charge < -0.3 is 102 Å². The van der Waals surface area contributed by atoms with Crippen molar-refractivity contribution >= 4 is 6.09 Å². The Labute approximate surface area is 691 Å². The third kappa shape index (κ3) is 88.7. The van der Waals surface area contributed by atoms with Gasteiger partial charge in [-0.25, -0.2) is 4.79 Å². The van der Waals surface area contributed by atoms with Crippen molar-refractivity contribution in [1.29, 1.82) is 0 Å². The Bertz CT molecular complexity index is 1930. The molecular formula is C91H177N3O19. The molecule has 4 N–H and O–H groups in total. The van der Waals surface area contributed by atoms with Gasteiger partial charge in [0.1, 0.15) is 18.5 Å². The molecule has 2 atom stereocenters. The summed E-state index contributed by atoms with van der Waals surface area (Å²) in [6.07, 6.45) is 46.2. The van der Waals surface area contributed by atoms with E-state index in [0.717, 1.165) is 383 Å². The SMILES string of the molecule is CCCCCCCCCCCCc1ccc(OC(CCOCCCCOCCCCOCCCCOCCCCOCCCCOCCCCOCCCCOCCCCOCCCCOCCCCOCCCCOCCCCOCCCCOCCCCOCCCC)COC(CC)COC(=O)NCCNCCN)cc1. The number of rotatable bonds is 100. The second-order valence-corrected chi connectivity index (χ2v) is 30.0. The number of unbranched alkanes of at least 4 members (excludes halogenated alkanes) is 24. The standard InChI is InChI=1S/C91H177N3O19/c1-4-7-9-10-11-12-13-14-15-16-45-87-46-48-89(49-47-87)113-90(86-111-88(6-3)85-112-91(95)94-54-53-93-52-51-92)50-84-110-83-44-43-82-109-81-42-41-80-108-79-40-39-78-107-77-38-37-76-106-75-36-35-74-105-73-34-33-72-104-71-32-31-70-103-69-30-29-68-102-67-28-27-66-101-65-26-25-64-100-63-24-23-62-99-61-22-21-60-98-59-20-19-58-97-57-18-17-56-96-55-8-5-2/h46-49,88,90,93H,4-45,50-86,92H2,1-3H3,(H,94,95). The monoisotopic (exact) mass is 1620 g/mol. The molecule has 0 bridgehead atoms. The van der Waals surface area contributed by atoms with Crippen molar-refractivity contribution in [1.82, 2.24) is 10.6 Å². The van der Waals surface area contributed by atoms with Gasteiger partial charge >= 0.3 is 6.09 Å². The first-order chi connectivity index (χ1) is 56.1. The van der Waals surface area contributed by atoms with E-state index in [0.29, 0.717) is 58.8 Å². The number of hydrogen-bond acceptors (Lipinski definition) is 21. The summed E-state index contributed by atoms with van der Waals surface area (Å²) in [5.74, 6) is 0.826. The normalized spacial score (nSPS) is 12.2. The molecule has 1 rings (SSSR count). The van der Waals surface area contributed by atoms with Crippen molar-refractivity contribution in [2.45, 2.75) is 309 Å². The van der Waals surface area contributed by atoms with Crippen LogP contribution in [0.15, 0.2) is 24.3 Å². The molecule has 1 aromatic carbocycles. The van der Waals surface area contributed by atoms with Gasteiger partial charge in [0.05, 0.1) is 19.3 Å². The first-order valence-electron chi connectivity index (χ1n) is 46.5. The molecule has 0 heterocycles. The van der Waals surface area contributed by atoms with Crippen molar-refractivity contribution in [2.75, 3.05) is 238 Å². The molecule has 0 saturated carbocycles. The number of nitrogens with one attached hydrogen (secondary N) is 2. The van der Waals surface area contributed by atoms with Crippen LogP contribution in [0.2, 0.25) is 0 Å². The summed E-state index contributed by atoms with van der Waals surface area (Å²) >= 11 is 0. The van der Waals surface area contributed by atoms with Crippen LogP contribution in [0.1, 0.15) is 296 Å². The van der Waals surface area contributed by atoms with Crippen LogP contribution in [0, 0.1) is 0 Å². The predicted molar refractivity (Wildman–Crippen MR) is 459 cm³/mol. The smallest absolute Gasteiger partial charge is 0.407 e. The maximum absolute atomic E-state index is 12.3. The summed E-state index contributed by atoms with van der Waals surface area (Å²) in [6.45, 7) is 33.0. The Morgan fingerprint density at radius 2 is 0.558 bits per heavy atom. The van der Waals surface area contributed by atoms with E-state index in [1.807, 2.05) is 6.92 Å². The van der Waals surface area contributed by atoms with E-state index in [4.69, 9.17) is 91.0 Å². The van der Waals surface area contributed by atoms with Crippen molar-refractivity contribution in [2.24, 2.45) is 5.73 Å². The summed E-state index contributed by atoms with van der Waals surface area (Å²) in [5.41, 5.74) is 6.87. The van der Waals surface area contributed by atoms with E-state index in [1.54, 1.807) is 0 Å². The molecule has 0 radical (unpaired) electrons. The number of ether oxygens (including phenoxy) is 18. The van der Waals surface area contributed by atoms with Gasteiger partial charge in [0.15, 0.2) is 0 Å². The number of carbonyl (C=O) groups is 1. The Balaban J connectivity index is 1.80. The van der Waals surface area contributed by atoms with Gasteiger partial charge in [-0.05, 0) is 223 Å². The summed E-state index contributed by atoms with van der Waals surface area (Å²) in [5, 5.41) is 5.92. The van der Waals surface area contributed by atoms with Crippen LogP contribution in [0.25, 0.3) is 0 Å². The van der Waals surface area contributed by atoms with E-state index in [2.05, 4.69) is 48.7 Å². The highest BCUT2D eigenvalue weighted by molar-refractivity contribution is 5.67. The van der Waals surface area contributed by atoms with Gasteiger partial charge in [-0.1, -0.05) is 97.1 Å². The van der Waals surface area contributed by atoms with E-state index in [1.165, 1.54) is 76.2 Å². The minimum Gasteiger partial charge on any atom is -0.488 e. The van der Waals surface area contributed by atoms with Crippen molar-refractivity contribution in [3.63, 3.8) is 0 Å². The van der Waals surface area contributed by atoms with Crippen molar-refractivity contribution in [3.05, 3.63) is 29.8 Å². The largest absolute Gasteiger partial charge is 0.488 e. The molecule has 22 heteroatoms. The summed E-state index contributed by atoms with van der Waals surface area (Å²) < 4.78 is 105. The number of hydrogen-bond donors (Lipinski definition) is 3. The van der Waals surface area contributed by atoms with Gasteiger partial charge in [0.2, 0.25) is 0 Å². The van der Waals surface area contributed by atoms with Gasteiger partial charge in [0.25, 0.3) is 0 Å². The lowest BCUT2D eigenvalue weighted by Crippen LogP contribution is -2.36. The lowest BCUT2D eigenvalue weighted by Gasteiger charge is -2.23. The van der Waals surface area contributed by atoms with Crippen LogP contribution < -0.4 is 21.1 Å². The zero-order chi connectivity index (χ0) is 80.7. The lowest BCUT2D eigenvalue weighted by molar-refractivity contribution is -0.0370. The first-order valence-corrected chi connectivity index (χ1v) is 46.5. The van der Waals surface area contributed by atoms with E-state index < -0.39 is 6.09 Å². The van der Waals surface area contributed by atoms with Gasteiger partial charge in [-0.15, -0.1) is 0 Å². The van der Waals surface area contributed by atoms with Gasteiger partial charge in [-0.2, -0.15) is 0 Å². The summed E-state index contributed by atoms with van der Waals surface area (Å²) in [7, 11) is 0. The molecule has 2 unspecified atom stereocenters. The summed E-state index contributed by atoms with van der Waals surface area (Å²) in [6, 6.07) is 8.54. The Morgan fingerprint density at radius 1 is 0.292 bits per heavy atom. The van der Waals surface area contributed by atoms with E-state index >= 15 is 0 Å². The lowest BCUT2D eigenvalue weighted by atomic mass is 10.0. The number of nitrogens with two attached hydrogens (primary N) is 1. The van der Waals surface area contributed by atoms with E-state index in [-0.39, 0.29) is 18.8 Å². The molecular weight excluding hydrogens is 1440 g/mol. The second kappa shape index (κ2) is 96.7. The molecule has 22 nitrogen and oxygen atoms in total. The Hall–Kier alpha value is -2.43. The predicted octanol–water partition coefficient (Wildman–Crippen LogP) is 18.3. The maximum atomic E-state index is 12.3. The number of aryl methyl sites for hydroxylation is 1. The molecule has 0 aliphatic heterocycles. The fraction of sp³-hybridized carbons (Fsp3) is 0.923. The zero-order valence-corrected chi connectivity index (χ0v) is 73.2. The van der Waals surface area contributed by atoms with Crippen LogP contribution >= 0.6 is 0 Å². The molecule has 0 saturated heterocycles. The van der Waals surface area contributed by atoms with Crippen molar-refractivity contribution in [3.8, 4) is 5.75 Å². The fourth-order valence-electron chi connectivity index (χ4n) is 11.9. The fourth-order valence-corrected chi connectivity index (χ4v) is 11.9. The number of amides is 1. The van der Waals surface area contributed by atoms with Crippen LogP contribution in [0.4, 0.5) is 4.79 Å². The number of carbonyl (C=O) groups excluding carboxylic acids is 1. The van der Waals surface area contributed by atoms with Crippen LogP contribution in [-0.2, 0) is 86.9 Å². The molecule has 0 fully saturated rings. The quantitative estimate of drug-likeness (QED) is 0.0514. The molecule has 1 amide bonds. The first kappa shape index (κ1) is 109. The van der Waals surface area contributed by atoms with Crippen LogP contribution in [-0.4, -0.2) is 256 Å². The highest BCUT2D eigenvalue weighted by Gasteiger charge is 2.18. The van der Waals surface area contributed by atoms with E-state index in [9.17, 15) is 4.79 Å². The topological polar surface area (TPSA) is 233 Å². The number of alkyl carbamates (subject to hydrolysis) is 1. The highest BCUT2D eigenvalue weighted by Crippen LogP contribution is 2.20. The molecule has 670 valence electrons. The van der Waals surface area contributed by atoms with Crippen molar-refractivity contribution < 1.29 is 90.1 Å². The third-order valence-corrected chi connectivity index (χ3v) is 19.1. The average Bonchev–Trinajstić information content (AvgIpc) is 0.892. The summed E-state index contributed by atoms with van der Waals surface area (Å²) in [4.78, 5) is 12.3. The van der Waals surface area contributed by atoms with Crippen LogP contribution in [0.3, 0.4) is 0 Å². The highest BCUT2D eigenvalue weighted by atomic mass is 16.6. The maximum Gasteiger partial charge on any atom is 0.407 e. The van der Waals surface area contributed by atoms with Crippen LogP contribution in [0.5, 0.6) is 5.75 Å². The minimum absolute atomic E-state index is 0.171. The molecule has 113 heavy (non-hydrogen) atoms. The zero-order valence-electron chi connectivity index (χ0n) is 73.2. The number of benzene rings is 1. The van der Waals surface area contributed by atoms with Gasteiger partial charge in [0, 0.05) is 224 Å². The minimum atomic E-state index is -0.453. The molecule has 0 aliphatic carbocycles. The molecule has 0 aromatic heterocycles. The Morgan fingerprint density at radius 3 is 0.832 bits per heavy atom. The average molecular weight is 1620 g/mol.